The SMILES string of the molecule is CC(C(=O)Oc1ccccc1)c1ccc(Cl)cc1. The van der Waals surface area contributed by atoms with Gasteiger partial charge in [0.05, 0.1) is 5.92 Å². The third-order valence-corrected chi connectivity index (χ3v) is 2.94. The summed E-state index contributed by atoms with van der Waals surface area (Å²) in [4.78, 5) is 11.9. The van der Waals surface area contributed by atoms with Gasteiger partial charge < -0.3 is 4.74 Å². The molecule has 2 nitrogen and oxygen atoms in total. The van der Waals surface area contributed by atoms with Crippen LogP contribution in [-0.2, 0) is 4.79 Å². The average Bonchev–Trinajstić information content (AvgIpc) is 2.40. The molecule has 0 radical (unpaired) electrons. The molecule has 0 fully saturated rings. The van der Waals surface area contributed by atoms with Crippen molar-refractivity contribution in [2.24, 2.45) is 0 Å². The number of ether oxygens (including phenoxy) is 1. The normalized spacial score (nSPS) is 11.9. The number of carbonyl (C=O) groups is 1. The third-order valence-electron chi connectivity index (χ3n) is 2.69. The van der Waals surface area contributed by atoms with Crippen molar-refractivity contribution in [1.82, 2.24) is 0 Å². The van der Waals surface area contributed by atoms with Crippen molar-refractivity contribution >= 4 is 17.6 Å². The van der Waals surface area contributed by atoms with Crippen LogP contribution < -0.4 is 4.74 Å². The van der Waals surface area contributed by atoms with Gasteiger partial charge in [0.2, 0.25) is 0 Å². The van der Waals surface area contributed by atoms with E-state index in [1.165, 1.54) is 0 Å². The van der Waals surface area contributed by atoms with Crippen molar-refractivity contribution in [3.63, 3.8) is 0 Å². The second-order valence-corrected chi connectivity index (χ2v) is 4.44. The van der Waals surface area contributed by atoms with Gasteiger partial charge in [0.1, 0.15) is 5.75 Å². The van der Waals surface area contributed by atoms with Crippen LogP contribution in [0.25, 0.3) is 0 Å². The molecule has 0 N–H and O–H groups in total. The zero-order valence-electron chi connectivity index (χ0n) is 9.97. The first-order valence-corrected chi connectivity index (χ1v) is 6.07. The smallest absolute Gasteiger partial charge is 0.318 e. The van der Waals surface area contributed by atoms with Crippen LogP contribution in [0.2, 0.25) is 5.02 Å². The largest absolute Gasteiger partial charge is 0.426 e. The van der Waals surface area contributed by atoms with Gasteiger partial charge in [-0.2, -0.15) is 0 Å². The summed E-state index contributed by atoms with van der Waals surface area (Å²) in [5.41, 5.74) is 0.889. The van der Waals surface area contributed by atoms with E-state index in [1.54, 1.807) is 24.3 Å². The molecule has 0 aliphatic carbocycles. The highest BCUT2D eigenvalue weighted by molar-refractivity contribution is 6.30. The number of benzene rings is 2. The van der Waals surface area contributed by atoms with Crippen LogP contribution in [0.3, 0.4) is 0 Å². The molecule has 1 unspecified atom stereocenters. The lowest BCUT2D eigenvalue weighted by atomic mass is 10.0. The molecule has 0 aromatic heterocycles. The maximum atomic E-state index is 11.9. The van der Waals surface area contributed by atoms with E-state index in [1.807, 2.05) is 37.3 Å². The molecule has 2 rings (SSSR count). The Labute approximate surface area is 111 Å². The number of halogens is 1. The van der Waals surface area contributed by atoms with Crippen molar-refractivity contribution in [1.29, 1.82) is 0 Å². The van der Waals surface area contributed by atoms with Gasteiger partial charge >= 0.3 is 5.97 Å². The second-order valence-electron chi connectivity index (χ2n) is 4.01. The van der Waals surface area contributed by atoms with Crippen LogP contribution in [-0.4, -0.2) is 5.97 Å². The standard InChI is InChI=1S/C15H13ClO2/c1-11(12-7-9-13(16)10-8-12)15(17)18-14-5-3-2-4-6-14/h2-11H,1H3. The van der Waals surface area contributed by atoms with E-state index in [9.17, 15) is 4.79 Å². The summed E-state index contributed by atoms with van der Waals surface area (Å²) >= 11 is 5.81. The van der Waals surface area contributed by atoms with E-state index >= 15 is 0 Å². The van der Waals surface area contributed by atoms with E-state index in [-0.39, 0.29) is 11.9 Å². The van der Waals surface area contributed by atoms with Crippen LogP contribution in [0.15, 0.2) is 54.6 Å². The van der Waals surface area contributed by atoms with E-state index in [0.717, 1.165) is 5.56 Å². The average molecular weight is 261 g/mol. The minimum absolute atomic E-state index is 0.275. The van der Waals surface area contributed by atoms with E-state index < -0.39 is 0 Å². The Morgan fingerprint density at radius 1 is 1.06 bits per heavy atom. The second kappa shape index (κ2) is 5.69. The Balaban J connectivity index is 2.07. The van der Waals surface area contributed by atoms with Gasteiger partial charge in [0.15, 0.2) is 0 Å². The Bertz CT molecular complexity index is 520. The van der Waals surface area contributed by atoms with Crippen molar-refractivity contribution in [3.05, 3.63) is 65.2 Å². The van der Waals surface area contributed by atoms with Gasteiger partial charge in [-0.1, -0.05) is 41.9 Å². The molecule has 2 aromatic rings. The molecular formula is C15H13ClO2. The highest BCUT2D eigenvalue weighted by atomic mass is 35.5. The Morgan fingerprint density at radius 3 is 2.28 bits per heavy atom. The van der Waals surface area contributed by atoms with E-state index in [2.05, 4.69) is 0 Å². The Kier molecular flexibility index (Phi) is 4.00. The van der Waals surface area contributed by atoms with Gasteiger partial charge in [0.25, 0.3) is 0 Å². The van der Waals surface area contributed by atoms with E-state index in [0.29, 0.717) is 10.8 Å². The molecular weight excluding hydrogens is 248 g/mol. The quantitative estimate of drug-likeness (QED) is 0.615. The number of carbonyl (C=O) groups excluding carboxylic acids is 1. The Hall–Kier alpha value is -1.80. The molecule has 0 bridgehead atoms. The molecule has 92 valence electrons. The van der Waals surface area contributed by atoms with Crippen LogP contribution in [0.5, 0.6) is 5.75 Å². The predicted octanol–water partition coefficient (Wildman–Crippen LogP) is 4.05. The zero-order chi connectivity index (χ0) is 13.0. The summed E-state index contributed by atoms with van der Waals surface area (Å²) in [6, 6.07) is 16.2. The maximum Gasteiger partial charge on any atom is 0.318 e. The van der Waals surface area contributed by atoms with Gasteiger partial charge in [-0.15, -0.1) is 0 Å². The third kappa shape index (κ3) is 3.11. The van der Waals surface area contributed by atoms with Crippen molar-refractivity contribution in [2.45, 2.75) is 12.8 Å². The summed E-state index contributed by atoms with van der Waals surface area (Å²) in [7, 11) is 0. The minimum atomic E-state index is -0.317. The number of hydrogen-bond acceptors (Lipinski definition) is 2. The lowest BCUT2D eigenvalue weighted by Gasteiger charge is -2.11. The van der Waals surface area contributed by atoms with Crippen molar-refractivity contribution < 1.29 is 9.53 Å². The topological polar surface area (TPSA) is 26.3 Å². The Morgan fingerprint density at radius 2 is 1.67 bits per heavy atom. The van der Waals surface area contributed by atoms with Crippen molar-refractivity contribution in [2.75, 3.05) is 0 Å². The number of rotatable bonds is 3. The molecule has 18 heavy (non-hydrogen) atoms. The highest BCUT2D eigenvalue weighted by Crippen LogP contribution is 2.20. The maximum absolute atomic E-state index is 11.9. The van der Waals surface area contributed by atoms with Crippen LogP contribution in [0.4, 0.5) is 0 Å². The molecule has 3 heteroatoms. The lowest BCUT2D eigenvalue weighted by molar-refractivity contribution is -0.135. The van der Waals surface area contributed by atoms with Crippen LogP contribution in [0, 0.1) is 0 Å². The molecule has 0 aliphatic heterocycles. The molecule has 0 aliphatic rings. The molecule has 0 heterocycles. The molecule has 2 aromatic carbocycles. The fourth-order valence-electron chi connectivity index (χ4n) is 1.58. The molecule has 0 saturated carbocycles. The number of esters is 1. The first-order valence-electron chi connectivity index (χ1n) is 5.69. The summed E-state index contributed by atoms with van der Waals surface area (Å²) in [5.74, 6) is -0.0330. The summed E-state index contributed by atoms with van der Waals surface area (Å²) in [6.07, 6.45) is 0. The number of hydrogen-bond donors (Lipinski definition) is 0. The molecule has 1 atom stereocenters. The van der Waals surface area contributed by atoms with Gasteiger partial charge in [-0.25, -0.2) is 0 Å². The molecule has 0 spiro atoms. The predicted molar refractivity (Wildman–Crippen MR) is 71.9 cm³/mol. The summed E-state index contributed by atoms with van der Waals surface area (Å²) in [5, 5.41) is 0.655. The fourth-order valence-corrected chi connectivity index (χ4v) is 1.71. The fraction of sp³-hybridized carbons (Fsp3) is 0.133. The first-order chi connectivity index (χ1) is 8.66. The first kappa shape index (κ1) is 12.7. The molecule has 0 amide bonds. The minimum Gasteiger partial charge on any atom is -0.426 e. The van der Waals surface area contributed by atoms with Gasteiger partial charge in [0, 0.05) is 5.02 Å². The highest BCUT2D eigenvalue weighted by Gasteiger charge is 2.17. The molecule has 0 saturated heterocycles. The lowest BCUT2D eigenvalue weighted by Crippen LogP contribution is -2.16. The van der Waals surface area contributed by atoms with Crippen LogP contribution in [0.1, 0.15) is 18.4 Å². The van der Waals surface area contributed by atoms with Gasteiger partial charge in [-0.3, -0.25) is 4.79 Å². The van der Waals surface area contributed by atoms with E-state index in [4.69, 9.17) is 16.3 Å². The summed E-state index contributed by atoms with van der Waals surface area (Å²) < 4.78 is 5.29. The van der Waals surface area contributed by atoms with Gasteiger partial charge in [-0.05, 0) is 36.8 Å². The number of para-hydroxylation sites is 1. The zero-order valence-corrected chi connectivity index (χ0v) is 10.7. The van der Waals surface area contributed by atoms with Crippen LogP contribution >= 0.6 is 11.6 Å². The summed E-state index contributed by atoms with van der Waals surface area (Å²) in [6.45, 7) is 1.81. The van der Waals surface area contributed by atoms with Crippen molar-refractivity contribution in [3.8, 4) is 5.75 Å². The monoisotopic (exact) mass is 260 g/mol.